The number of halogens is 1. The van der Waals surface area contributed by atoms with Crippen LogP contribution in [-0.2, 0) is 26.2 Å². The molecule has 2 amide bonds. The van der Waals surface area contributed by atoms with Crippen molar-refractivity contribution in [1.82, 2.24) is 10.2 Å². The number of carbonyl (C=O) groups is 2. The third-order valence-corrected chi connectivity index (χ3v) is 7.44. The van der Waals surface area contributed by atoms with E-state index in [-0.39, 0.29) is 18.5 Å². The van der Waals surface area contributed by atoms with E-state index in [1.54, 1.807) is 19.1 Å². The van der Waals surface area contributed by atoms with Gasteiger partial charge in [-0.3, -0.25) is 13.9 Å². The van der Waals surface area contributed by atoms with E-state index in [4.69, 9.17) is 11.6 Å². The number of amides is 2. The number of rotatable bonds is 10. The fourth-order valence-corrected chi connectivity index (χ4v) is 4.39. The zero-order valence-corrected chi connectivity index (χ0v) is 22.2. The molecule has 0 radical (unpaired) electrons. The minimum atomic E-state index is -3.80. The molecule has 0 saturated carbocycles. The zero-order chi connectivity index (χ0) is 25.6. The molecule has 2 aromatic carbocycles. The Morgan fingerprint density at radius 2 is 1.71 bits per heavy atom. The number of carbonyl (C=O) groups excluding carboxylic acids is 2. The van der Waals surface area contributed by atoms with Crippen molar-refractivity contribution in [3.8, 4) is 0 Å². The third-order valence-electron chi connectivity index (χ3n) is 5.89. The Hall–Kier alpha value is -2.58. The van der Waals surface area contributed by atoms with E-state index in [0.717, 1.165) is 33.7 Å². The molecule has 2 aromatic rings. The molecule has 0 bridgehead atoms. The van der Waals surface area contributed by atoms with Crippen LogP contribution in [0.3, 0.4) is 0 Å². The van der Waals surface area contributed by atoms with Crippen LogP contribution in [0.2, 0.25) is 5.02 Å². The number of nitrogens with one attached hydrogen (secondary N) is 1. The van der Waals surface area contributed by atoms with Gasteiger partial charge in [0.05, 0.1) is 11.9 Å². The summed E-state index contributed by atoms with van der Waals surface area (Å²) >= 11 is 6.22. The van der Waals surface area contributed by atoms with E-state index < -0.39 is 28.5 Å². The molecule has 0 unspecified atom stereocenters. The largest absolute Gasteiger partial charge is 0.352 e. The molecule has 0 fully saturated rings. The lowest BCUT2D eigenvalue weighted by Crippen LogP contribution is -2.52. The van der Waals surface area contributed by atoms with Crippen LogP contribution >= 0.6 is 11.6 Å². The highest BCUT2D eigenvalue weighted by Crippen LogP contribution is 2.25. The molecular formula is C25H34ClN3O4S. The highest BCUT2D eigenvalue weighted by Gasteiger charge is 2.30. The summed E-state index contributed by atoms with van der Waals surface area (Å²) in [6, 6.07) is 11.6. The lowest BCUT2D eigenvalue weighted by Gasteiger charge is -2.32. The minimum Gasteiger partial charge on any atom is -0.352 e. The number of benzene rings is 2. The van der Waals surface area contributed by atoms with Gasteiger partial charge in [0.15, 0.2) is 0 Å². The third kappa shape index (κ3) is 7.21. The van der Waals surface area contributed by atoms with Crippen molar-refractivity contribution in [1.29, 1.82) is 0 Å². The fraction of sp³-hybridized carbons (Fsp3) is 0.440. The van der Waals surface area contributed by atoms with Crippen LogP contribution < -0.4 is 9.62 Å². The molecule has 0 aliphatic carbocycles. The summed E-state index contributed by atoms with van der Waals surface area (Å²) in [5, 5.41) is 3.31. The first-order valence-corrected chi connectivity index (χ1v) is 13.5. The van der Waals surface area contributed by atoms with Gasteiger partial charge in [-0.25, -0.2) is 8.42 Å². The van der Waals surface area contributed by atoms with Crippen LogP contribution in [0.4, 0.5) is 5.69 Å². The Kier molecular flexibility index (Phi) is 9.53. The van der Waals surface area contributed by atoms with Crippen LogP contribution in [0.15, 0.2) is 42.5 Å². The SMILES string of the molecule is CC[C@@H](C)NC(=O)[C@@H](C)N(Cc1ccccc1C)C(=O)CN(c1ccc(C)c(Cl)c1)S(C)(=O)=O. The van der Waals surface area contributed by atoms with E-state index >= 15 is 0 Å². The molecule has 2 rings (SSSR count). The molecule has 0 spiro atoms. The Balaban J connectivity index is 2.42. The maximum atomic E-state index is 13.5. The van der Waals surface area contributed by atoms with Gasteiger partial charge in [0, 0.05) is 17.6 Å². The second-order valence-corrected chi connectivity index (χ2v) is 11.0. The van der Waals surface area contributed by atoms with Crippen molar-refractivity contribution in [3.05, 3.63) is 64.2 Å². The molecule has 0 aliphatic heterocycles. The second kappa shape index (κ2) is 11.7. The summed E-state index contributed by atoms with van der Waals surface area (Å²) in [5.41, 5.74) is 2.93. The first-order chi connectivity index (χ1) is 15.8. The Morgan fingerprint density at radius 1 is 1.06 bits per heavy atom. The summed E-state index contributed by atoms with van der Waals surface area (Å²) in [7, 11) is -3.80. The molecule has 1 N–H and O–H groups in total. The summed E-state index contributed by atoms with van der Waals surface area (Å²) in [4.78, 5) is 27.9. The van der Waals surface area contributed by atoms with Gasteiger partial charge in [0.2, 0.25) is 21.8 Å². The van der Waals surface area contributed by atoms with Gasteiger partial charge < -0.3 is 10.2 Å². The van der Waals surface area contributed by atoms with Gasteiger partial charge in [-0.2, -0.15) is 0 Å². The first-order valence-electron chi connectivity index (χ1n) is 11.2. The molecule has 0 saturated heterocycles. The van der Waals surface area contributed by atoms with Crippen LogP contribution in [0, 0.1) is 13.8 Å². The smallest absolute Gasteiger partial charge is 0.244 e. The van der Waals surface area contributed by atoms with Crippen LogP contribution in [0.25, 0.3) is 0 Å². The summed E-state index contributed by atoms with van der Waals surface area (Å²) in [6.07, 6.45) is 1.79. The van der Waals surface area contributed by atoms with E-state index in [1.807, 2.05) is 52.0 Å². The number of sulfonamides is 1. The molecule has 9 heteroatoms. The molecule has 0 heterocycles. The standard InChI is InChI=1S/C25H34ClN3O4S/c1-7-19(4)27-25(31)20(5)28(15-21-11-9-8-10-17(21)2)24(30)16-29(34(6,32)33)22-13-12-18(3)23(26)14-22/h8-14,19-20H,7,15-16H2,1-6H3,(H,27,31)/t19-,20-/m1/s1. The van der Waals surface area contributed by atoms with E-state index in [9.17, 15) is 18.0 Å². The maximum absolute atomic E-state index is 13.5. The van der Waals surface area contributed by atoms with Gasteiger partial charge in [-0.15, -0.1) is 0 Å². The predicted octanol–water partition coefficient (Wildman–Crippen LogP) is 4.05. The number of hydrogen-bond acceptors (Lipinski definition) is 4. The van der Waals surface area contributed by atoms with Gasteiger partial charge >= 0.3 is 0 Å². The Morgan fingerprint density at radius 3 is 2.26 bits per heavy atom. The van der Waals surface area contributed by atoms with Crippen molar-refractivity contribution in [2.45, 2.75) is 59.7 Å². The monoisotopic (exact) mass is 507 g/mol. The number of aryl methyl sites for hydroxylation is 2. The first kappa shape index (κ1) is 27.7. The molecule has 34 heavy (non-hydrogen) atoms. The van der Waals surface area contributed by atoms with Crippen molar-refractivity contribution in [2.75, 3.05) is 17.1 Å². The van der Waals surface area contributed by atoms with Gasteiger partial charge in [-0.05, 0) is 62.9 Å². The number of hydrogen-bond donors (Lipinski definition) is 1. The molecule has 0 aromatic heterocycles. The van der Waals surface area contributed by atoms with Crippen molar-refractivity contribution in [3.63, 3.8) is 0 Å². The van der Waals surface area contributed by atoms with E-state index in [1.165, 1.54) is 11.0 Å². The number of nitrogens with zero attached hydrogens (tertiary/aromatic N) is 2. The van der Waals surface area contributed by atoms with Crippen molar-refractivity contribution < 1.29 is 18.0 Å². The van der Waals surface area contributed by atoms with Crippen LogP contribution in [0.1, 0.15) is 43.9 Å². The average Bonchev–Trinajstić information content (AvgIpc) is 2.77. The van der Waals surface area contributed by atoms with Gasteiger partial charge in [-0.1, -0.05) is 48.9 Å². The highest BCUT2D eigenvalue weighted by molar-refractivity contribution is 7.92. The summed E-state index contributed by atoms with van der Waals surface area (Å²) in [5.74, 6) is -0.780. The lowest BCUT2D eigenvalue weighted by molar-refractivity contribution is -0.139. The van der Waals surface area contributed by atoms with Crippen LogP contribution in [0.5, 0.6) is 0 Å². The topological polar surface area (TPSA) is 86.8 Å². The number of anilines is 1. The molecule has 2 atom stereocenters. The molecule has 186 valence electrons. The normalized spacial score (nSPS) is 13.1. The highest BCUT2D eigenvalue weighted by atomic mass is 35.5. The van der Waals surface area contributed by atoms with E-state index in [0.29, 0.717) is 10.7 Å². The fourth-order valence-electron chi connectivity index (χ4n) is 3.37. The van der Waals surface area contributed by atoms with Gasteiger partial charge in [0.25, 0.3) is 0 Å². The molecule has 7 nitrogen and oxygen atoms in total. The summed E-state index contributed by atoms with van der Waals surface area (Å²) in [6.45, 7) is 8.97. The quantitative estimate of drug-likeness (QED) is 0.525. The van der Waals surface area contributed by atoms with Gasteiger partial charge in [0.1, 0.15) is 12.6 Å². The lowest BCUT2D eigenvalue weighted by atomic mass is 10.1. The van der Waals surface area contributed by atoms with Crippen molar-refractivity contribution >= 4 is 39.1 Å². The molecular weight excluding hydrogens is 474 g/mol. The Bertz CT molecular complexity index is 1140. The zero-order valence-electron chi connectivity index (χ0n) is 20.6. The summed E-state index contributed by atoms with van der Waals surface area (Å²) < 4.78 is 26.3. The second-order valence-electron chi connectivity index (χ2n) is 8.65. The van der Waals surface area contributed by atoms with Crippen molar-refractivity contribution in [2.24, 2.45) is 0 Å². The maximum Gasteiger partial charge on any atom is 0.244 e. The Labute approximate surface area is 208 Å². The average molecular weight is 508 g/mol. The van der Waals surface area contributed by atoms with E-state index in [2.05, 4.69) is 5.32 Å². The minimum absolute atomic E-state index is 0.0485. The van der Waals surface area contributed by atoms with Crippen LogP contribution in [-0.4, -0.2) is 50.0 Å². The molecule has 0 aliphatic rings. The predicted molar refractivity (Wildman–Crippen MR) is 137 cm³/mol.